The molecule has 0 aliphatic rings. The van der Waals surface area contributed by atoms with Crippen molar-refractivity contribution >= 4 is 34.1 Å². The number of hydrogen-bond acceptors (Lipinski definition) is 7. The molecule has 4 aromatic rings. The van der Waals surface area contributed by atoms with Gasteiger partial charge in [-0.2, -0.15) is 0 Å². The normalized spacial score (nSPS) is 11.0. The molecule has 0 fully saturated rings. The SMILES string of the molecule is Cc1cc(C(=O)COC(=O)c2cc(=O)c3ccccc3o2)c(C)n1-c1nccs1. The molecule has 29 heavy (non-hydrogen) atoms. The number of para-hydroxylation sites is 1. The zero-order chi connectivity index (χ0) is 20.5. The van der Waals surface area contributed by atoms with E-state index in [9.17, 15) is 14.4 Å². The fourth-order valence-electron chi connectivity index (χ4n) is 3.15. The van der Waals surface area contributed by atoms with Crippen LogP contribution in [-0.4, -0.2) is 27.9 Å². The molecule has 0 saturated heterocycles. The van der Waals surface area contributed by atoms with E-state index in [4.69, 9.17) is 9.15 Å². The minimum Gasteiger partial charge on any atom is -0.451 e. The molecule has 0 radical (unpaired) electrons. The van der Waals surface area contributed by atoms with Crippen LogP contribution < -0.4 is 5.43 Å². The number of thiazole rings is 1. The molecule has 3 aromatic heterocycles. The van der Waals surface area contributed by atoms with Crippen LogP contribution in [0.4, 0.5) is 0 Å². The lowest BCUT2D eigenvalue weighted by atomic mass is 10.1. The first-order valence-corrected chi connectivity index (χ1v) is 9.65. The van der Waals surface area contributed by atoms with Crippen molar-refractivity contribution < 1.29 is 18.7 Å². The predicted octanol–water partition coefficient (Wildman–Crippen LogP) is 3.70. The third kappa shape index (κ3) is 3.50. The number of benzene rings is 1. The van der Waals surface area contributed by atoms with E-state index < -0.39 is 12.6 Å². The van der Waals surface area contributed by atoms with E-state index in [1.54, 1.807) is 36.5 Å². The fourth-order valence-corrected chi connectivity index (χ4v) is 3.90. The molecular formula is C21H16N2O5S. The maximum Gasteiger partial charge on any atom is 0.374 e. The Morgan fingerprint density at radius 2 is 2.00 bits per heavy atom. The Balaban J connectivity index is 1.53. The molecule has 4 rings (SSSR count). The molecule has 0 aliphatic carbocycles. The third-order valence-electron chi connectivity index (χ3n) is 4.51. The molecule has 3 heterocycles. The van der Waals surface area contributed by atoms with Gasteiger partial charge in [0.1, 0.15) is 5.58 Å². The maximum absolute atomic E-state index is 12.6. The Morgan fingerprint density at radius 1 is 1.21 bits per heavy atom. The second-order valence-corrected chi connectivity index (χ2v) is 7.28. The molecule has 0 unspecified atom stereocenters. The standard InChI is InChI=1S/C21H16N2O5S/c1-12-9-15(13(2)23(12)21-22-7-8-29-21)17(25)11-27-20(26)19-10-16(24)14-5-3-4-6-18(14)28-19/h3-10H,11H2,1-2H3. The molecule has 0 saturated carbocycles. The number of ether oxygens (including phenoxy) is 1. The van der Waals surface area contributed by atoms with Crippen molar-refractivity contribution in [2.24, 2.45) is 0 Å². The summed E-state index contributed by atoms with van der Waals surface area (Å²) in [7, 11) is 0. The summed E-state index contributed by atoms with van der Waals surface area (Å²) in [4.78, 5) is 41.3. The average Bonchev–Trinajstić information content (AvgIpc) is 3.33. The van der Waals surface area contributed by atoms with Crippen LogP contribution in [-0.2, 0) is 4.74 Å². The quantitative estimate of drug-likeness (QED) is 0.369. The molecule has 0 atom stereocenters. The summed E-state index contributed by atoms with van der Waals surface area (Å²) in [5.41, 5.74) is 1.95. The van der Waals surface area contributed by atoms with Crippen LogP contribution >= 0.6 is 11.3 Å². The third-order valence-corrected chi connectivity index (χ3v) is 5.27. The van der Waals surface area contributed by atoms with E-state index in [1.165, 1.54) is 11.3 Å². The summed E-state index contributed by atoms with van der Waals surface area (Å²) in [6.45, 7) is 3.23. The van der Waals surface area contributed by atoms with Gasteiger partial charge in [0.05, 0.1) is 5.39 Å². The number of rotatable bonds is 5. The molecule has 7 nitrogen and oxygen atoms in total. The van der Waals surface area contributed by atoms with E-state index in [1.807, 2.05) is 23.8 Å². The van der Waals surface area contributed by atoms with Gasteiger partial charge in [-0.1, -0.05) is 12.1 Å². The van der Waals surface area contributed by atoms with Crippen molar-refractivity contribution in [1.29, 1.82) is 0 Å². The summed E-state index contributed by atoms with van der Waals surface area (Å²) in [6, 6.07) is 9.41. The number of esters is 1. The highest BCUT2D eigenvalue weighted by Crippen LogP contribution is 2.22. The van der Waals surface area contributed by atoms with Crippen LogP contribution in [0.15, 0.2) is 57.2 Å². The number of aromatic nitrogens is 2. The monoisotopic (exact) mass is 408 g/mol. The second kappa shape index (κ2) is 7.48. The van der Waals surface area contributed by atoms with Gasteiger partial charge in [0, 0.05) is 34.6 Å². The average molecular weight is 408 g/mol. The van der Waals surface area contributed by atoms with Crippen LogP contribution in [0.25, 0.3) is 16.1 Å². The van der Waals surface area contributed by atoms with Gasteiger partial charge in [-0.25, -0.2) is 9.78 Å². The molecule has 8 heteroatoms. The molecular weight excluding hydrogens is 392 g/mol. The highest BCUT2D eigenvalue weighted by Gasteiger charge is 2.20. The minimum absolute atomic E-state index is 0.241. The zero-order valence-corrected chi connectivity index (χ0v) is 16.5. The minimum atomic E-state index is -0.866. The van der Waals surface area contributed by atoms with Gasteiger partial charge in [-0.3, -0.25) is 14.2 Å². The first kappa shape index (κ1) is 18.8. The highest BCUT2D eigenvalue weighted by atomic mass is 32.1. The summed E-state index contributed by atoms with van der Waals surface area (Å²) in [5, 5.41) is 2.98. The number of Topliss-reactive ketones (excluding diaryl/α,β-unsaturated/α-hetero) is 1. The van der Waals surface area contributed by atoms with Gasteiger partial charge in [0.15, 0.2) is 17.2 Å². The Labute approximate surface area is 169 Å². The van der Waals surface area contributed by atoms with Crippen molar-refractivity contribution in [3.8, 4) is 5.13 Å². The van der Waals surface area contributed by atoms with Crippen molar-refractivity contribution in [2.45, 2.75) is 13.8 Å². The van der Waals surface area contributed by atoms with Crippen LogP contribution in [0.5, 0.6) is 0 Å². The smallest absolute Gasteiger partial charge is 0.374 e. The molecule has 0 N–H and O–H groups in total. The Bertz CT molecular complexity index is 1280. The Kier molecular flexibility index (Phi) is 4.85. The van der Waals surface area contributed by atoms with Gasteiger partial charge in [0.25, 0.3) is 0 Å². The number of carbonyl (C=O) groups excluding carboxylic acids is 2. The fraction of sp³-hybridized carbons (Fsp3) is 0.143. The molecule has 1 aromatic carbocycles. The lowest BCUT2D eigenvalue weighted by molar-refractivity contribution is 0.0444. The molecule has 0 spiro atoms. The number of ketones is 1. The topological polar surface area (TPSA) is 91.4 Å². The first-order chi connectivity index (χ1) is 14.0. The van der Waals surface area contributed by atoms with Crippen LogP contribution in [0.3, 0.4) is 0 Å². The van der Waals surface area contributed by atoms with E-state index in [-0.39, 0.29) is 22.6 Å². The maximum atomic E-state index is 12.6. The van der Waals surface area contributed by atoms with E-state index >= 15 is 0 Å². The van der Waals surface area contributed by atoms with Gasteiger partial charge in [-0.15, -0.1) is 11.3 Å². The summed E-state index contributed by atoms with van der Waals surface area (Å²) in [5.74, 6) is -1.46. The predicted molar refractivity (Wildman–Crippen MR) is 108 cm³/mol. The number of aryl methyl sites for hydroxylation is 1. The first-order valence-electron chi connectivity index (χ1n) is 8.77. The van der Waals surface area contributed by atoms with Crippen LogP contribution in [0.2, 0.25) is 0 Å². The van der Waals surface area contributed by atoms with Crippen molar-refractivity contribution in [3.05, 3.63) is 80.9 Å². The van der Waals surface area contributed by atoms with E-state index in [0.717, 1.165) is 22.6 Å². The Morgan fingerprint density at radius 3 is 2.76 bits per heavy atom. The molecule has 0 aliphatic heterocycles. The zero-order valence-electron chi connectivity index (χ0n) is 15.7. The van der Waals surface area contributed by atoms with E-state index in [0.29, 0.717) is 10.9 Å². The summed E-state index contributed by atoms with van der Waals surface area (Å²) < 4.78 is 12.4. The van der Waals surface area contributed by atoms with Crippen molar-refractivity contribution in [3.63, 3.8) is 0 Å². The van der Waals surface area contributed by atoms with Crippen molar-refractivity contribution in [2.75, 3.05) is 6.61 Å². The molecule has 0 bridgehead atoms. The lowest BCUT2D eigenvalue weighted by Crippen LogP contribution is -2.16. The summed E-state index contributed by atoms with van der Waals surface area (Å²) in [6.07, 6.45) is 1.69. The second-order valence-electron chi connectivity index (χ2n) is 6.41. The van der Waals surface area contributed by atoms with Crippen molar-refractivity contribution in [1.82, 2.24) is 9.55 Å². The number of hydrogen-bond donors (Lipinski definition) is 0. The van der Waals surface area contributed by atoms with Crippen LogP contribution in [0, 0.1) is 13.8 Å². The lowest BCUT2D eigenvalue weighted by Gasteiger charge is -2.06. The molecule has 0 amide bonds. The Hall–Kier alpha value is -3.52. The summed E-state index contributed by atoms with van der Waals surface area (Å²) >= 11 is 1.46. The van der Waals surface area contributed by atoms with Gasteiger partial charge in [0.2, 0.25) is 11.5 Å². The van der Waals surface area contributed by atoms with E-state index in [2.05, 4.69) is 4.98 Å². The van der Waals surface area contributed by atoms with Gasteiger partial charge in [-0.05, 0) is 32.0 Å². The number of carbonyl (C=O) groups is 2. The van der Waals surface area contributed by atoms with Crippen LogP contribution in [0.1, 0.15) is 32.3 Å². The highest BCUT2D eigenvalue weighted by molar-refractivity contribution is 7.12. The number of fused-ring (bicyclic) bond motifs is 1. The molecule has 146 valence electrons. The number of nitrogens with zero attached hydrogens (tertiary/aromatic N) is 2. The van der Waals surface area contributed by atoms with Gasteiger partial charge >= 0.3 is 5.97 Å². The van der Waals surface area contributed by atoms with Gasteiger partial charge < -0.3 is 9.15 Å². The largest absolute Gasteiger partial charge is 0.451 e.